The molecule has 0 heterocycles. The molecule has 70 valence electrons. The topological polar surface area (TPSA) is 26.0 Å². The average Bonchev–Trinajstić information content (AvgIpc) is 2.30. The van der Waals surface area contributed by atoms with Crippen molar-refractivity contribution in [3.63, 3.8) is 0 Å². The highest BCUT2D eigenvalue weighted by Gasteiger charge is 2.40. The minimum absolute atomic E-state index is 0.0694. The van der Waals surface area contributed by atoms with E-state index in [1.807, 2.05) is 0 Å². The van der Waals surface area contributed by atoms with Crippen molar-refractivity contribution in [3.05, 3.63) is 0 Å². The fourth-order valence-corrected chi connectivity index (χ4v) is 3.37. The SMILES string of the molecule is CC(C)(N)C1CCC2CCC1C2. The molecule has 2 bridgehead atoms. The fourth-order valence-electron chi connectivity index (χ4n) is 3.37. The van der Waals surface area contributed by atoms with Crippen LogP contribution in [-0.2, 0) is 0 Å². The predicted octanol–water partition coefficient (Wildman–Crippen LogP) is 2.55. The second kappa shape index (κ2) is 2.73. The van der Waals surface area contributed by atoms with Gasteiger partial charge in [0.25, 0.3) is 0 Å². The van der Waals surface area contributed by atoms with Gasteiger partial charge >= 0.3 is 0 Å². The van der Waals surface area contributed by atoms with Crippen LogP contribution in [0.1, 0.15) is 46.0 Å². The third-order valence-corrected chi connectivity index (χ3v) is 3.99. The maximum atomic E-state index is 6.19. The van der Waals surface area contributed by atoms with Crippen molar-refractivity contribution in [3.8, 4) is 0 Å². The van der Waals surface area contributed by atoms with E-state index in [0.29, 0.717) is 0 Å². The van der Waals surface area contributed by atoms with E-state index in [1.165, 1.54) is 32.1 Å². The van der Waals surface area contributed by atoms with Gasteiger partial charge in [0.2, 0.25) is 0 Å². The number of rotatable bonds is 1. The largest absolute Gasteiger partial charge is 0.325 e. The van der Waals surface area contributed by atoms with E-state index < -0.39 is 0 Å². The quantitative estimate of drug-likeness (QED) is 0.638. The highest BCUT2D eigenvalue weighted by atomic mass is 14.7. The molecule has 0 aliphatic heterocycles. The Kier molecular flexibility index (Phi) is 1.95. The number of fused-ring (bicyclic) bond motifs is 2. The number of nitrogens with two attached hydrogens (primary N) is 1. The molecule has 0 radical (unpaired) electrons. The van der Waals surface area contributed by atoms with Crippen LogP contribution in [0.3, 0.4) is 0 Å². The van der Waals surface area contributed by atoms with Gasteiger partial charge in [0, 0.05) is 5.54 Å². The zero-order valence-corrected chi connectivity index (χ0v) is 8.34. The molecule has 12 heavy (non-hydrogen) atoms. The zero-order valence-electron chi connectivity index (χ0n) is 8.34. The normalized spacial score (nSPS) is 41.8. The van der Waals surface area contributed by atoms with Gasteiger partial charge in [-0.15, -0.1) is 0 Å². The number of hydrogen-bond donors (Lipinski definition) is 1. The molecule has 1 nitrogen and oxygen atoms in total. The average molecular weight is 167 g/mol. The van der Waals surface area contributed by atoms with Crippen molar-refractivity contribution in [2.75, 3.05) is 0 Å². The van der Waals surface area contributed by atoms with E-state index >= 15 is 0 Å². The van der Waals surface area contributed by atoms with Gasteiger partial charge < -0.3 is 5.73 Å². The molecule has 2 rings (SSSR count). The van der Waals surface area contributed by atoms with Gasteiger partial charge in [-0.05, 0) is 50.9 Å². The predicted molar refractivity (Wildman–Crippen MR) is 51.8 cm³/mol. The molecule has 0 spiro atoms. The van der Waals surface area contributed by atoms with Gasteiger partial charge in [-0.25, -0.2) is 0 Å². The summed E-state index contributed by atoms with van der Waals surface area (Å²) in [6, 6.07) is 0. The molecule has 0 saturated heterocycles. The lowest BCUT2D eigenvalue weighted by Crippen LogP contribution is -2.45. The van der Waals surface area contributed by atoms with Crippen molar-refractivity contribution in [2.24, 2.45) is 23.5 Å². The van der Waals surface area contributed by atoms with Crippen molar-refractivity contribution < 1.29 is 0 Å². The molecule has 0 aromatic carbocycles. The van der Waals surface area contributed by atoms with Crippen LogP contribution in [0.4, 0.5) is 0 Å². The molecule has 0 aromatic rings. The van der Waals surface area contributed by atoms with E-state index in [-0.39, 0.29) is 5.54 Å². The highest BCUT2D eigenvalue weighted by Crippen LogP contribution is 2.48. The van der Waals surface area contributed by atoms with Crippen molar-refractivity contribution >= 4 is 0 Å². The van der Waals surface area contributed by atoms with Crippen molar-refractivity contribution in [1.29, 1.82) is 0 Å². The molecule has 1 heteroatoms. The molecule has 3 atom stereocenters. The van der Waals surface area contributed by atoms with Crippen LogP contribution in [0.15, 0.2) is 0 Å². The molecule has 2 aliphatic carbocycles. The molecular weight excluding hydrogens is 146 g/mol. The Morgan fingerprint density at radius 2 is 1.75 bits per heavy atom. The minimum Gasteiger partial charge on any atom is -0.325 e. The summed E-state index contributed by atoms with van der Waals surface area (Å²) >= 11 is 0. The smallest absolute Gasteiger partial charge is 0.0128 e. The molecule has 0 amide bonds. The molecule has 3 unspecified atom stereocenters. The Morgan fingerprint density at radius 3 is 2.42 bits per heavy atom. The van der Waals surface area contributed by atoms with E-state index in [9.17, 15) is 0 Å². The first-order valence-corrected chi connectivity index (χ1v) is 5.36. The first-order valence-electron chi connectivity index (χ1n) is 5.36. The monoisotopic (exact) mass is 167 g/mol. The van der Waals surface area contributed by atoms with Crippen LogP contribution in [0.2, 0.25) is 0 Å². The molecule has 2 N–H and O–H groups in total. The first-order chi connectivity index (χ1) is 5.57. The van der Waals surface area contributed by atoms with E-state index in [1.54, 1.807) is 0 Å². The molecule has 2 fully saturated rings. The van der Waals surface area contributed by atoms with Gasteiger partial charge in [-0.3, -0.25) is 0 Å². The van der Waals surface area contributed by atoms with Crippen LogP contribution in [0.25, 0.3) is 0 Å². The highest BCUT2D eigenvalue weighted by molar-refractivity contribution is 4.94. The molecule has 2 aliphatic rings. The van der Waals surface area contributed by atoms with Crippen LogP contribution >= 0.6 is 0 Å². The van der Waals surface area contributed by atoms with Gasteiger partial charge in [-0.2, -0.15) is 0 Å². The molecular formula is C11H21N. The summed E-state index contributed by atoms with van der Waals surface area (Å²) in [6.07, 6.45) is 7.25. The van der Waals surface area contributed by atoms with Crippen LogP contribution in [0, 0.1) is 17.8 Å². The summed E-state index contributed by atoms with van der Waals surface area (Å²) in [5.41, 5.74) is 6.26. The summed E-state index contributed by atoms with van der Waals surface area (Å²) in [4.78, 5) is 0. The summed E-state index contributed by atoms with van der Waals surface area (Å²) in [6.45, 7) is 4.41. The Hall–Kier alpha value is -0.0400. The lowest BCUT2D eigenvalue weighted by Gasteiger charge is -2.38. The Morgan fingerprint density at radius 1 is 1.08 bits per heavy atom. The van der Waals surface area contributed by atoms with Crippen LogP contribution in [-0.4, -0.2) is 5.54 Å². The third kappa shape index (κ3) is 1.39. The van der Waals surface area contributed by atoms with Crippen molar-refractivity contribution in [1.82, 2.24) is 0 Å². The summed E-state index contributed by atoms with van der Waals surface area (Å²) in [5.74, 6) is 2.83. The Balaban J connectivity index is 2.07. The maximum Gasteiger partial charge on any atom is 0.0128 e. The standard InChI is InChI=1S/C11H21N/c1-11(2,12)10-6-4-8-3-5-9(10)7-8/h8-10H,3-7,12H2,1-2H3. The molecule has 2 saturated carbocycles. The van der Waals surface area contributed by atoms with Crippen molar-refractivity contribution in [2.45, 2.75) is 51.5 Å². The van der Waals surface area contributed by atoms with Gasteiger partial charge in [0.15, 0.2) is 0 Å². The maximum absolute atomic E-state index is 6.19. The summed E-state index contributed by atoms with van der Waals surface area (Å²) in [7, 11) is 0. The molecule has 0 aromatic heterocycles. The van der Waals surface area contributed by atoms with Gasteiger partial charge in [-0.1, -0.05) is 12.8 Å². The second-order valence-electron chi connectivity index (χ2n) is 5.44. The number of hydrogen-bond acceptors (Lipinski definition) is 1. The second-order valence-corrected chi connectivity index (χ2v) is 5.44. The zero-order chi connectivity index (χ0) is 8.77. The van der Waals surface area contributed by atoms with Crippen LogP contribution < -0.4 is 5.73 Å². The Labute approximate surface area is 75.7 Å². The van der Waals surface area contributed by atoms with E-state index in [4.69, 9.17) is 5.73 Å². The summed E-state index contributed by atoms with van der Waals surface area (Å²) in [5, 5.41) is 0. The summed E-state index contributed by atoms with van der Waals surface area (Å²) < 4.78 is 0. The lowest BCUT2D eigenvalue weighted by molar-refractivity contribution is 0.163. The Bertz CT molecular complexity index is 168. The van der Waals surface area contributed by atoms with Crippen LogP contribution in [0.5, 0.6) is 0 Å². The third-order valence-electron chi connectivity index (χ3n) is 3.99. The van der Waals surface area contributed by atoms with E-state index in [2.05, 4.69) is 13.8 Å². The lowest BCUT2D eigenvalue weighted by atomic mass is 9.71. The van der Waals surface area contributed by atoms with E-state index in [0.717, 1.165) is 17.8 Å². The minimum atomic E-state index is 0.0694. The first kappa shape index (κ1) is 8.55. The fraction of sp³-hybridized carbons (Fsp3) is 1.00. The van der Waals surface area contributed by atoms with Gasteiger partial charge in [0.1, 0.15) is 0 Å². The van der Waals surface area contributed by atoms with Gasteiger partial charge in [0.05, 0.1) is 0 Å².